The Kier molecular flexibility index (Phi) is 4.50. The van der Waals surface area contributed by atoms with Gasteiger partial charge in [0.15, 0.2) is 0 Å². The predicted octanol–water partition coefficient (Wildman–Crippen LogP) is 2.11. The van der Waals surface area contributed by atoms with Crippen molar-refractivity contribution in [2.75, 3.05) is 31.1 Å². The normalized spacial score (nSPS) is 16.1. The van der Waals surface area contributed by atoms with Crippen LogP contribution in [0.1, 0.15) is 0 Å². The second kappa shape index (κ2) is 6.58. The highest BCUT2D eigenvalue weighted by Gasteiger charge is 2.29. The number of anilines is 1. The molecule has 7 nitrogen and oxygen atoms in total. The molecule has 2 aromatic rings. The Bertz CT molecular complexity index is 831. The minimum atomic E-state index is -3.72. The molecule has 8 heteroatoms. The van der Waals surface area contributed by atoms with Crippen molar-refractivity contribution in [3.8, 4) is 0 Å². The second-order valence-electron chi connectivity index (χ2n) is 5.48. The highest BCUT2D eigenvalue weighted by atomic mass is 32.2. The molecule has 0 aromatic heterocycles. The molecule has 0 amide bonds. The van der Waals surface area contributed by atoms with Crippen molar-refractivity contribution >= 4 is 21.4 Å². The lowest BCUT2D eigenvalue weighted by Crippen LogP contribution is -2.48. The van der Waals surface area contributed by atoms with Crippen LogP contribution < -0.4 is 4.90 Å². The average molecular weight is 347 g/mol. The molecule has 24 heavy (non-hydrogen) atoms. The standard InChI is InChI=1S/C16H17N3O4S/c20-19(21)15-7-4-8-16(13-15)24(22,23)18-11-9-17(10-12-18)14-5-2-1-3-6-14/h1-8,13H,9-12H2. The fourth-order valence-corrected chi connectivity index (χ4v) is 4.19. The summed E-state index contributed by atoms with van der Waals surface area (Å²) in [6.45, 7) is 1.86. The maximum Gasteiger partial charge on any atom is 0.270 e. The zero-order valence-corrected chi connectivity index (χ0v) is 13.7. The van der Waals surface area contributed by atoms with Crippen LogP contribution in [-0.4, -0.2) is 43.8 Å². The molecule has 0 N–H and O–H groups in total. The third kappa shape index (κ3) is 3.24. The van der Waals surface area contributed by atoms with Gasteiger partial charge in [0.25, 0.3) is 5.69 Å². The summed E-state index contributed by atoms with van der Waals surface area (Å²) in [7, 11) is -3.72. The average Bonchev–Trinajstić information content (AvgIpc) is 2.62. The minimum absolute atomic E-state index is 0.0372. The smallest absolute Gasteiger partial charge is 0.270 e. The van der Waals surface area contributed by atoms with E-state index in [9.17, 15) is 18.5 Å². The van der Waals surface area contributed by atoms with Gasteiger partial charge in [-0.1, -0.05) is 24.3 Å². The molecule has 0 radical (unpaired) electrons. The minimum Gasteiger partial charge on any atom is -0.369 e. The number of piperazine rings is 1. The van der Waals surface area contributed by atoms with Crippen molar-refractivity contribution in [1.82, 2.24) is 4.31 Å². The van der Waals surface area contributed by atoms with Crippen LogP contribution >= 0.6 is 0 Å². The summed E-state index contributed by atoms with van der Waals surface area (Å²) in [5.74, 6) is 0. The number of hydrogen-bond acceptors (Lipinski definition) is 5. The molecule has 0 unspecified atom stereocenters. The van der Waals surface area contributed by atoms with Gasteiger partial charge in [-0.3, -0.25) is 10.1 Å². The van der Waals surface area contributed by atoms with E-state index in [0.29, 0.717) is 26.2 Å². The van der Waals surface area contributed by atoms with Crippen molar-refractivity contribution in [2.24, 2.45) is 0 Å². The summed E-state index contributed by atoms with van der Waals surface area (Å²) in [5, 5.41) is 10.8. The van der Waals surface area contributed by atoms with Crippen LogP contribution in [-0.2, 0) is 10.0 Å². The molecule has 0 spiro atoms. The molecule has 2 aromatic carbocycles. The number of sulfonamides is 1. The van der Waals surface area contributed by atoms with Crippen LogP contribution in [0.25, 0.3) is 0 Å². The van der Waals surface area contributed by atoms with E-state index in [1.165, 1.54) is 22.5 Å². The van der Waals surface area contributed by atoms with E-state index in [-0.39, 0.29) is 10.6 Å². The van der Waals surface area contributed by atoms with Gasteiger partial charge in [-0.2, -0.15) is 4.31 Å². The Hall–Kier alpha value is -2.45. The third-order valence-corrected chi connectivity index (χ3v) is 5.92. The first-order valence-electron chi connectivity index (χ1n) is 7.53. The van der Waals surface area contributed by atoms with E-state index in [0.717, 1.165) is 11.8 Å². The van der Waals surface area contributed by atoms with Gasteiger partial charge in [0.05, 0.1) is 9.82 Å². The molecule has 1 fully saturated rings. The quantitative estimate of drug-likeness (QED) is 0.625. The Balaban J connectivity index is 1.75. The topological polar surface area (TPSA) is 83.8 Å². The maximum atomic E-state index is 12.7. The summed E-state index contributed by atoms with van der Waals surface area (Å²) < 4.78 is 26.8. The lowest BCUT2D eigenvalue weighted by Gasteiger charge is -2.35. The van der Waals surface area contributed by atoms with Gasteiger partial charge in [0.1, 0.15) is 0 Å². The lowest BCUT2D eigenvalue weighted by atomic mass is 10.2. The first-order valence-corrected chi connectivity index (χ1v) is 8.97. The summed E-state index contributed by atoms with van der Waals surface area (Å²) >= 11 is 0. The Labute approximate surface area is 140 Å². The van der Waals surface area contributed by atoms with Crippen LogP contribution in [0.4, 0.5) is 11.4 Å². The monoisotopic (exact) mass is 347 g/mol. The van der Waals surface area contributed by atoms with Gasteiger partial charge in [0, 0.05) is 44.0 Å². The zero-order chi connectivity index (χ0) is 17.2. The molecule has 1 aliphatic heterocycles. The van der Waals surface area contributed by atoms with Crippen LogP contribution in [0, 0.1) is 10.1 Å². The number of benzene rings is 2. The fourth-order valence-electron chi connectivity index (χ4n) is 2.73. The summed E-state index contributed by atoms with van der Waals surface area (Å²) in [4.78, 5) is 12.3. The number of hydrogen-bond donors (Lipinski definition) is 0. The third-order valence-electron chi connectivity index (χ3n) is 4.03. The van der Waals surface area contributed by atoms with Gasteiger partial charge in [-0.05, 0) is 18.2 Å². The van der Waals surface area contributed by atoms with Crippen LogP contribution in [0.2, 0.25) is 0 Å². The van der Waals surface area contributed by atoms with Gasteiger partial charge in [-0.15, -0.1) is 0 Å². The number of non-ortho nitro benzene ring substituents is 1. The molecule has 126 valence electrons. The largest absolute Gasteiger partial charge is 0.369 e. The number of rotatable bonds is 4. The first-order chi connectivity index (χ1) is 11.5. The Morgan fingerprint density at radius 2 is 1.58 bits per heavy atom. The van der Waals surface area contributed by atoms with Gasteiger partial charge in [-0.25, -0.2) is 8.42 Å². The highest BCUT2D eigenvalue weighted by Crippen LogP contribution is 2.23. The van der Waals surface area contributed by atoms with Crippen molar-refractivity contribution in [1.29, 1.82) is 0 Å². The van der Waals surface area contributed by atoms with E-state index < -0.39 is 14.9 Å². The van der Waals surface area contributed by atoms with E-state index in [4.69, 9.17) is 0 Å². The zero-order valence-electron chi connectivity index (χ0n) is 12.9. The first kappa shape index (κ1) is 16.4. The summed E-state index contributed by atoms with van der Waals surface area (Å²) in [6, 6.07) is 15.0. The van der Waals surface area contributed by atoms with Gasteiger partial charge >= 0.3 is 0 Å². The second-order valence-corrected chi connectivity index (χ2v) is 7.42. The van der Waals surface area contributed by atoms with E-state index in [1.807, 2.05) is 30.3 Å². The number of nitrogens with zero attached hydrogens (tertiary/aromatic N) is 3. The number of para-hydroxylation sites is 1. The van der Waals surface area contributed by atoms with Crippen LogP contribution in [0.5, 0.6) is 0 Å². The van der Waals surface area contributed by atoms with Crippen molar-refractivity contribution in [3.05, 3.63) is 64.7 Å². The summed E-state index contributed by atoms with van der Waals surface area (Å²) in [6.07, 6.45) is 0. The molecule has 1 saturated heterocycles. The van der Waals surface area contributed by atoms with E-state index in [1.54, 1.807) is 0 Å². The van der Waals surface area contributed by atoms with Crippen molar-refractivity contribution < 1.29 is 13.3 Å². The van der Waals surface area contributed by atoms with Crippen molar-refractivity contribution in [2.45, 2.75) is 4.90 Å². The molecule has 0 aliphatic carbocycles. The molecule has 0 saturated carbocycles. The number of nitro groups is 1. The molecule has 1 heterocycles. The molecular weight excluding hydrogens is 330 g/mol. The highest BCUT2D eigenvalue weighted by molar-refractivity contribution is 7.89. The molecule has 3 rings (SSSR count). The van der Waals surface area contributed by atoms with Gasteiger partial charge < -0.3 is 4.90 Å². The Morgan fingerprint density at radius 1 is 0.917 bits per heavy atom. The molecule has 1 aliphatic rings. The van der Waals surface area contributed by atoms with Crippen LogP contribution in [0.3, 0.4) is 0 Å². The molecule has 0 bridgehead atoms. The SMILES string of the molecule is O=[N+]([O-])c1cccc(S(=O)(=O)N2CCN(c3ccccc3)CC2)c1. The molecular formula is C16H17N3O4S. The van der Waals surface area contributed by atoms with Gasteiger partial charge in [0.2, 0.25) is 10.0 Å². The molecule has 0 atom stereocenters. The van der Waals surface area contributed by atoms with Crippen LogP contribution in [0.15, 0.2) is 59.5 Å². The number of nitro benzene ring substituents is 1. The van der Waals surface area contributed by atoms with E-state index in [2.05, 4.69) is 4.90 Å². The van der Waals surface area contributed by atoms with Crippen molar-refractivity contribution in [3.63, 3.8) is 0 Å². The van der Waals surface area contributed by atoms with E-state index >= 15 is 0 Å². The maximum absolute atomic E-state index is 12.7. The fraction of sp³-hybridized carbons (Fsp3) is 0.250. The Morgan fingerprint density at radius 3 is 2.21 bits per heavy atom. The summed E-state index contributed by atoms with van der Waals surface area (Å²) in [5.41, 5.74) is 0.837. The lowest BCUT2D eigenvalue weighted by molar-refractivity contribution is -0.385. The predicted molar refractivity (Wildman–Crippen MR) is 90.5 cm³/mol.